The Morgan fingerprint density at radius 2 is 1.14 bits per heavy atom. The van der Waals surface area contributed by atoms with E-state index < -0.39 is 77.7 Å². The monoisotopic (exact) mass is 923 g/mol. The number of benzene rings is 1. The minimum atomic E-state index is -0.623. The zero-order chi connectivity index (χ0) is 47.5. The van der Waals surface area contributed by atoms with E-state index in [1.54, 1.807) is 12.1 Å². The molecule has 21 nitrogen and oxygen atoms in total. The van der Waals surface area contributed by atoms with Gasteiger partial charge in [0.05, 0.1) is 59.7 Å². The van der Waals surface area contributed by atoms with Crippen LogP contribution in [0.2, 0.25) is 0 Å². The number of carbonyl (C=O) groups is 8. The molecule has 4 saturated heterocycles. The van der Waals surface area contributed by atoms with Gasteiger partial charge in [-0.2, -0.15) is 0 Å². The third kappa shape index (κ3) is 13.6. The highest BCUT2D eigenvalue weighted by atomic mass is 16.3. The smallest absolute Gasteiger partial charge is 0.226 e. The number of phenolic OH excluding ortho intramolecular Hbond substituents is 1. The van der Waals surface area contributed by atoms with Crippen LogP contribution in [0, 0.1) is 41.4 Å². The Morgan fingerprint density at radius 3 is 1.67 bits per heavy atom. The Balaban J connectivity index is 0.991. The molecule has 1 aromatic rings. The number of amides is 8. The Morgan fingerprint density at radius 1 is 0.636 bits per heavy atom. The second-order valence-electron chi connectivity index (χ2n) is 19.2. The van der Waals surface area contributed by atoms with Crippen LogP contribution in [-0.2, 0) is 44.8 Å². The van der Waals surface area contributed by atoms with Gasteiger partial charge in [0, 0.05) is 84.3 Å². The first-order valence-electron chi connectivity index (χ1n) is 23.5. The Bertz CT molecular complexity index is 1920. The fourth-order valence-corrected chi connectivity index (χ4v) is 10.1. The standard InChI is InChI=1S/C45H70N12O9/c1-23(2)11-27(13-39(60)53-36-20-48-16-31(36)44(65)55-35-19-47-15-30(35)40(46)61)52-43(64)32-17-49-21-37(32)57-45(66)33-18-50-22-38(33)56-42(63)29-5-4-6-34(29)54-41(62)26(14-51-24(3)58)12-25-7-9-28(59)10-8-25/h7-10,23,26-27,29-38,47-50,59H,4-6,11-22H2,1-3H3,(H2,46,61)(H,51,58)(H,52,64)(H,53,60)(H,54,62)(H,55,65)(H,56,63)(H,57,66)/t26-,27-,29?,30?,31?,32?,33?,34?,35?,36?,37?,38?/m0/s1. The second-order valence-corrected chi connectivity index (χ2v) is 19.2. The van der Waals surface area contributed by atoms with Crippen molar-refractivity contribution < 1.29 is 43.5 Å². The summed E-state index contributed by atoms with van der Waals surface area (Å²) in [6, 6.07) is 3.58. The molecule has 0 bridgehead atoms. The van der Waals surface area contributed by atoms with Crippen molar-refractivity contribution in [2.75, 3.05) is 58.9 Å². The SMILES string of the molecule is CC(=O)NC[C@H](Cc1ccc(O)cc1)C(=O)NC1CCCC1C(=O)NC1CNCC1C(=O)NC1CNCC1C(=O)N[C@H](CC(=O)NC1CNCC1C(=O)NC1CNCC1C(N)=O)CC(C)C. The fourth-order valence-electron chi connectivity index (χ4n) is 10.1. The van der Waals surface area contributed by atoms with E-state index in [1.165, 1.54) is 19.1 Å². The van der Waals surface area contributed by atoms with Crippen molar-refractivity contribution in [2.45, 2.75) is 95.5 Å². The molecule has 14 N–H and O–H groups in total. The third-order valence-corrected chi connectivity index (χ3v) is 13.7. The zero-order valence-electron chi connectivity index (χ0n) is 38.2. The molecule has 5 aliphatic rings. The van der Waals surface area contributed by atoms with Gasteiger partial charge in [0.2, 0.25) is 47.3 Å². The summed E-state index contributed by atoms with van der Waals surface area (Å²) >= 11 is 0. The van der Waals surface area contributed by atoms with Gasteiger partial charge in [-0.15, -0.1) is 0 Å². The largest absolute Gasteiger partial charge is 0.508 e. The summed E-state index contributed by atoms with van der Waals surface area (Å²) in [6.45, 7) is 8.37. The van der Waals surface area contributed by atoms with Crippen molar-refractivity contribution in [1.82, 2.24) is 58.5 Å². The lowest BCUT2D eigenvalue weighted by molar-refractivity contribution is -0.130. The fraction of sp³-hybridized carbons (Fsp3) is 0.689. The van der Waals surface area contributed by atoms with Crippen LogP contribution < -0.4 is 64.2 Å². The Kier molecular flexibility index (Phi) is 17.7. The van der Waals surface area contributed by atoms with Gasteiger partial charge in [0.15, 0.2) is 0 Å². The summed E-state index contributed by atoms with van der Waals surface area (Å²) < 4.78 is 0. The van der Waals surface area contributed by atoms with E-state index in [4.69, 9.17) is 5.73 Å². The highest BCUT2D eigenvalue weighted by molar-refractivity contribution is 5.88. The molecule has 66 heavy (non-hydrogen) atoms. The van der Waals surface area contributed by atoms with Crippen molar-refractivity contribution >= 4 is 47.3 Å². The summed E-state index contributed by atoms with van der Waals surface area (Å²) in [7, 11) is 0. The van der Waals surface area contributed by atoms with E-state index in [-0.39, 0.29) is 66.0 Å². The molecule has 0 radical (unpaired) electrons. The van der Waals surface area contributed by atoms with Gasteiger partial charge >= 0.3 is 0 Å². The molecule has 4 heterocycles. The zero-order valence-corrected chi connectivity index (χ0v) is 38.2. The molecular weight excluding hydrogens is 853 g/mol. The number of phenols is 1. The molecule has 1 aliphatic carbocycles. The van der Waals surface area contributed by atoms with E-state index in [1.807, 2.05) is 13.8 Å². The van der Waals surface area contributed by atoms with Crippen molar-refractivity contribution in [3.8, 4) is 5.75 Å². The number of hydrogen-bond acceptors (Lipinski definition) is 13. The van der Waals surface area contributed by atoms with Gasteiger partial charge in [-0.05, 0) is 49.3 Å². The number of aromatic hydroxyl groups is 1. The molecule has 5 fully saturated rings. The summed E-state index contributed by atoms with van der Waals surface area (Å²) in [6.07, 6.45) is 2.70. The maximum atomic E-state index is 13.9. The first-order valence-corrected chi connectivity index (χ1v) is 23.5. The Hall–Kier alpha value is -5.38. The number of hydrogen-bond donors (Lipinski definition) is 13. The molecule has 1 aromatic carbocycles. The van der Waals surface area contributed by atoms with Crippen LogP contribution in [0.5, 0.6) is 5.75 Å². The van der Waals surface area contributed by atoms with E-state index in [0.29, 0.717) is 78.0 Å². The van der Waals surface area contributed by atoms with E-state index in [2.05, 4.69) is 58.5 Å². The van der Waals surface area contributed by atoms with Crippen molar-refractivity contribution in [1.29, 1.82) is 0 Å². The molecule has 6 rings (SSSR count). The van der Waals surface area contributed by atoms with Gasteiger partial charge in [-0.25, -0.2) is 0 Å². The maximum Gasteiger partial charge on any atom is 0.226 e. The Labute approximate surface area is 385 Å². The van der Waals surface area contributed by atoms with Crippen LogP contribution in [-0.4, -0.2) is 148 Å². The number of nitrogens with two attached hydrogens (primary N) is 1. The number of rotatable bonds is 20. The van der Waals surface area contributed by atoms with Crippen molar-refractivity contribution in [2.24, 2.45) is 47.2 Å². The van der Waals surface area contributed by atoms with E-state index in [9.17, 15) is 43.5 Å². The lowest BCUT2D eigenvalue weighted by Gasteiger charge is -2.28. The predicted molar refractivity (Wildman–Crippen MR) is 242 cm³/mol. The van der Waals surface area contributed by atoms with Crippen molar-refractivity contribution in [3.05, 3.63) is 29.8 Å². The summed E-state index contributed by atoms with van der Waals surface area (Å²) in [4.78, 5) is 105. The van der Waals surface area contributed by atoms with Crippen LogP contribution in [0.15, 0.2) is 24.3 Å². The summed E-state index contributed by atoms with van der Waals surface area (Å²) in [5, 5.41) is 43.3. The topological polar surface area (TPSA) is 315 Å². The highest BCUT2D eigenvalue weighted by Crippen LogP contribution is 2.28. The molecule has 10 unspecified atom stereocenters. The van der Waals surface area contributed by atoms with Crippen LogP contribution in [0.25, 0.3) is 0 Å². The first-order chi connectivity index (χ1) is 31.6. The van der Waals surface area contributed by atoms with Gasteiger partial charge in [0.1, 0.15) is 5.75 Å². The third-order valence-electron chi connectivity index (χ3n) is 13.7. The van der Waals surface area contributed by atoms with Crippen LogP contribution in [0.4, 0.5) is 0 Å². The molecule has 1 saturated carbocycles. The van der Waals surface area contributed by atoms with E-state index >= 15 is 0 Å². The minimum Gasteiger partial charge on any atom is -0.508 e. The molecule has 8 amide bonds. The van der Waals surface area contributed by atoms with Crippen LogP contribution in [0.3, 0.4) is 0 Å². The maximum absolute atomic E-state index is 13.9. The first kappa shape index (κ1) is 50.0. The molecule has 364 valence electrons. The average molecular weight is 923 g/mol. The molecule has 0 spiro atoms. The van der Waals surface area contributed by atoms with Gasteiger partial charge in [-0.3, -0.25) is 38.4 Å². The minimum absolute atomic E-state index is 0.0135. The summed E-state index contributed by atoms with van der Waals surface area (Å²) in [5.41, 5.74) is 6.33. The number of carbonyl (C=O) groups excluding carboxylic acids is 8. The van der Waals surface area contributed by atoms with E-state index in [0.717, 1.165) is 12.0 Å². The molecular formula is C45H70N12O9. The van der Waals surface area contributed by atoms with Crippen LogP contribution >= 0.6 is 0 Å². The lowest BCUT2D eigenvalue weighted by atomic mass is 9.95. The quantitative estimate of drug-likeness (QED) is 0.0598. The van der Waals surface area contributed by atoms with Gasteiger partial charge < -0.3 is 69.3 Å². The normalized spacial score (nSPS) is 29.1. The van der Waals surface area contributed by atoms with Gasteiger partial charge in [-0.1, -0.05) is 32.4 Å². The number of primary amides is 1. The lowest BCUT2D eigenvalue weighted by Crippen LogP contribution is -2.54. The summed E-state index contributed by atoms with van der Waals surface area (Å²) in [5.74, 6) is -5.71. The predicted octanol–water partition coefficient (Wildman–Crippen LogP) is -3.81. The van der Waals surface area contributed by atoms with Gasteiger partial charge in [0.25, 0.3) is 0 Å². The highest BCUT2D eigenvalue weighted by Gasteiger charge is 2.43. The molecule has 12 atom stereocenters. The molecule has 4 aliphatic heterocycles. The second kappa shape index (κ2) is 23.4. The number of nitrogens with one attached hydrogen (secondary N) is 11. The molecule has 0 aromatic heterocycles. The van der Waals surface area contributed by atoms with Crippen LogP contribution in [0.1, 0.15) is 58.4 Å². The molecule has 21 heteroatoms. The van der Waals surface area contributed by atoms with Crippen molar-refractivity contribution in [3.63, 3.8) is 0 Å². The average Bonchev–Trinajstić information content (AvgIpc) is 4.11.